The summed E-state index contributed by atoms with van der Waals surface area (Å²) in [5, 5.41) is 34.7. The Morgan fingerprint density at radius 2 is 1.08 bits per heavy atom. The SMILES string of the molecule is CCCCCCCCCCCCCCC(O)C(O)C(N)CO.NO. The van der Waals surface area contributed by atoms with E-state index in [0.29, 0.717) is 6.42 Å². The fraction of sp³-hybridized carbons (Fsp3) is 1.00. The summed E-state index contributed by atoms with van der Waals surface area (Å²) in [6, 6.07) is -0.743. The van der Waals surface area contributed by atoms with E-state index in [1.165, 1.54) is 64.2 Å². The minimum absolute atomic E-state index is 0.295. The van der Waals surface area contributed by atoms with Gasteiger partial charge in [0, 0.05) is 0 Å². The Balaban J connectivity index is 0. The van der Waals surface area contributed by atoms with Crippen molar-refractivity contribution in [3.8, 4) is 0 Å². The van der Waals surface area contributed by atoms with Crippen LogP contribution in [0.3, 0.4) is 0 Å². The average Bonchev–Trinajstić information content (AvgIpc) is 2.62. The highest BCUT2D eigenvalue weighted by Gasteiger charge is 2.22. The highest BCUT2D eigenvalue weighted by atomic mass is 16.4. The van der Waals surface area contributed by atoms with Gasteiger partial charge in [0.2, 0.25) is 0 Å². The van der Waals surface area contributed by atoms with E-state index in [1.54, 1.807) is 0 Å². The second-order valence-electron chi connectivity index (χ2n) is 6.58. The van der Waals surface area contributed by atoms with Crippen LogP contribution in [0.5, 0.6) is 0 Å². The van der Waals surface area contributed by atoms with E-state index in [9.17, 15) is 10.2 Å². The monoisotopic (exact) mass is 350 g/mol. The molecule has 0 aliphatic heterocycles. The fourth-order valence-corrected chi connectivity index (χ4v) is 2.76. The van der Waals surface area contributed by atoms with Crippen molar-refractivity contribution < 1.29 is 20.5 Å². The first-order valence-corrected chi connectivity index (χ1v) is 9.61. The Labute approximate surface area is 148 Å². The smallest absolute Gasteiger partial charge is 0.0971 e. The molecule has 6 heteroatoms. The van der Waals surface area contributed by atoms with Crippen LogP contribution in [-0.2, 0) is 0 Å². The zero-order valence-corrected chi connectivity index (χ0v) is 15.6. The number of hydrogen-bond donors (Lipinski definition) is 6. The lowest BCUT2D eigenvalue weighted by molar-refractivity contribution is -0.0121. The molecule has 3 unspecified atom stereocenters. The summed E-state index contributed by atoms with van der Waals surface area (Å²) in [4.78, 5) is 0. The summed E-state index contributed by atoms with van der Waals surface area (Å²) in [5.74, 6) is 3.50. The van der Waals surface area contributed by atoms with Crippen LogP contribution in [-0.4, -0.2) is 45.4 Å². The molecule has 148 valence electrons. The summed E-state index contributed by atoms with van der Waals surface area (Å²) < 4.78 is 0. The Kier molecular flexibility index (Phi) is 22.5. The molecule has 0 fully saturated rings. The van der Waals surface area contributed by atoms with Gasteiger partial charge in [-0.3, -0.25) is 0 Å². The summed E-state index contributed by atoms with van der Waals surface area (Å²) in [5.41, 5.74) is 5.49. The highest BCUT2D eigenvalue weighted by molar-refractivity contribution is 4.77. The van der Waals surface area contributed by atoms with Crippen LogP contribution >= 0.6 is 0 Å². The maximum atomic E-state index is 9.74. The molecule has 0 heterocycles. The van der Waals surface area contributed by atoms with Crippen molar-refractivity contribution in [2.24, 2.45) is 11.6 Å². The number of unbranched alkanes of at least 4 members (excludes halogenated alkanes) is 11. The number of aliphatic hydroxyl groups excluding tert-OH is 3. The second kappa shape index (κ2) is 20.8. The van der Waals surface area contributed by atoms with Gasteiger partial charge in [-0.1, -0.05) is 84.0 Å². The van der Waals surface area contributed by atoms with Crippen LogP contribution in [0.1, 0.15) is 90.4 Å². The summed E-state index contributed by atoms with van der Waals surface area (Å²) in [6.07, 6.45) is 14.1. The van der Waals surface area contributed by atoms with Gasteiger partial charge in [0.1, 0.15) is 0 Å². The Bertz CT molecular complexity index is 233. The Hall–Kier alpha value is -0.240. The van der Waals surface area contributed by atoms with Crippen molar-refractivity contribution in [3.63, 3.8) is 0 Å². The third-order valence-electron chi connectivity index (χ3n) is 4.40. The van der Waals surface area contributed by atoms with Crippen LogP contribution in [0.25, 0.3) is 0 Å². The van der Waals surface area contributed by atoms with E-state index in [-0.39, 0.29) is 6.61 Å². The lowest BCUT2D eigenvalue weighted by Crippen LogP contribution is -2.45. The molecule has 0 aromatic carbocycles. The third-order valence-corrected chi connectivity index (χ3v) is 4.40. The topological polar surface area (TPSA) is 133 Å². The maximum Gasteiger partial charge on any atom is 0.0971 e. The first kappa shape index (κ1) is 26.0. The van der Waals surface area contributed by atoms with Crippen LogP contribution in [0.15, 0.2) is 0 Å². The number of aliphatic hydroxyl groups is 3. The lowest BCUT2D eigenvalue weighted by Gasteiger charge is -2.22. The molecule has 8 N–H and O–H groups in total. The van der Waals surface area contributed by atoms with E-state index >= 15 is 0 Å². The second-order valence-corrected chi connectivity index (χ2v) is 6.58. The van der Waals surface area contributed by atoms with E-state index in [0.717, 1.165) is 12.8 Å². The van der Waals surface area contributed by atoms with Gasteiger partial charge in [-0.2, -0.15) is 0 Å². The summed E-state index contributed by atoms with van der Waals surface area (Å²) in [7, 11) is 0. The number of rotatable bonds is 16. The van der Waals surface area contributed by atoms with Gasteiger partial charge in [-0.05, 0) is 6.42 Å². The van der Waals surface area contributed by atoms with Gasteiger partial charge in [0.15, 0.2) is 0 Å². The van der Waals surface area contributed by atoms with Crippen molar-refractivity contribution in [2.45, 2.75) is 109 Å². The molecule has 0 amide bonds. The van der Waals surface area contributed by atoms with Gasteiger partial charge in [-0.25, -0.2) is 5.90 Å². The van der Waals surface area contributed by atoms with Crippen molar-refractivity contribution in [3.05, 3.63) is 0 Å². The van der Waals surface area contributed by atoms with Crippen molar-refractivity contribution in [1.29, 1.82) is 0 Å². The molecule has 24 heavy (non-hydrogen) atoms. The number of nitrogens with two attached hydrogens (primary N) is 2. The van der Waals surface area contributed by atoms with Crippen molar-refractivity contribution in [1.82, 2.24) is 0 Å². The molecular weight excluding hydrogens is 308 g/mol. The molecule has 0 spiro atoms. The largest absolute Gasteiger partial charge is 0.395 e. The molecular formula is C18H42N2O4. The van der Waals surface area contributed by atoms with Gasteiger partial charge >= 0.3 is 0 Å². The molecule has 6 nitrogen and oxygen atoms in total. The average molecular weight is 351 g/mol. The van der Waals surface area contributed by atoms with Gasteiger partial charge in [0.05, 0.1) is 24.9 Å². The van der Waals surface area contributed by atoms with Crippen LogP contribution in [0.2, 0.25) is 0 Å². The predicted octanol–water partition coefficient (Wildman–Crippen LogP) is 2.45. The van der Waals surface area contributed by atoms with Gasteiger partial charge in [-0.15, -0.1) is 0 Å². The normalized spacial score (nSPS) is 14.6. The molecule has 0 aliphatic carbocycles. The minimum Gasteiger partial charge on any atom is -0.395 e. The molecule has 3 atom stereocenters. The summed E-state index contributed by atoms with van der Waals surface area (Å²) >= 11 is 0. The first-order chi connectivity index (χ1) is 11.6. The molecule has 0 aliphatic rings. The molecule has 0 rings (SSSR count). The standard InChI is InChI=1S/C18H39NO3.H3NO/c1-2-3-4-5-6-7-8-9-10-11-12-13-14-17(21)18(22)16(19)15-20;1-2/h16-18,20-22H,2-15,19H2,1H3;2H,1H2. The molecule has 0 radical (unpaired) electrons. The first-order valence-electron chi connectivity index (χ1n) is 9.61. The predicted molar refractivity (Wildman–Crippen MR) is 98.7 cm³/mol. The fourth-order valence-electron chi connectivity index (χ4n) is 2.76. The molecule has 0 aromatic heterocycles. The Morgan fingerprint density at radius 3 is 1.46 bits per heavy atom. The van der Waals surface area contributed by atoms with Crippen molar-refractivity contribution >= 4 is 0 Å². The zero-order valence-electron chi connectivity index (χ0n) is 15.6. The van der Waals surface area contributed by atoms with Gasteiger partial charge in [0.25, 0.3) is 0 Å². The molecule has 0 aromatic rings. The molecule has 0 saturated heterocycles. The van der Waals surface area contributed by atoms with E-state index in [4.69, 9.17) is 16.0 Å². The molecule has 0 bridgehead atoms. The Morgan fingerprint density at radius 1 is 0.708 bits per heavy atom. The minimum atomic E-state index is -1.02. The van der Waals surface area contributed by atoms with Crippen LogP contribution < -0.4 is 11.6 Å². The maximum absolute atomic E-state index is 9.74. The quantitative estimate of drug-likeness (QED) is 0.187. The lowest BCUT2D eigenvalue weighted by atomic mass is 10.00. The third kappa shape index (κ3) is 16.6. The zero-order chi connectivity index (χ0) is 18.6. The van der Waals surface area contributed by atoms with Crippen LogP contribution in [0, 0.1) is 0 Å². The summed E-state index contributed by atoms with van der Waals surface area (Å²) in [6.45, 7) is 1.96. The van der Waals surface area contributed by atoms with Crippen LogP contribution in [0.4, 0.5) is 0 Å². The van der Waals surface area contributed by atoms with E-state index in [2.05, 4.69) is 12.8 Å². The molecule has 0 saturated carbocycles. The van der Waals surface area contributed by atoms with E-state index in [1.807, 2.05) is 0 Å². The van der Waals surface area contributed by atoms with E-state index < -0.39 is 18.2 Å². The number of hydrogen-bond acceptors (Lipinski definition) is 6. The van der Waals surface area contributed by atoms with Gasteiger partial charge < -0.3 is 26.3 Å². The highest BCUT2D eigenvalue weighted by Crippen LogP contribution is 2.14. The van der Waals surface area contributed by atoms with Crippen molar-refractivity contribution in [2.75, 3.05) is 6.61 Å².